The Morgan fingerprint density at radius 2 is 1.76 bits per heavy atom. The van der Waals surface area contributed by atoms with Crippen molar-refractivity contribution in [2.24, 2.45) is 0 Å². The molecule has 33 heavy (non-hydrogen) atoms. The number of carbonyl (C=O) groups is 1. The number of para-hydroxylation sites is 2. The lowest BCUT2D eigenvalue weighted by atomic mass is 10.2. The fourth-order valence-electron chi connectivity index (χ4n) is 3.75. The molecule has 2 N–H and O–H groups in total. The Labute approximate surface area is 191 Å². The molecule has 166 valence electrons. The summed E-state index contributed by atoms with van der Waals surface area (Å²) in [5, 5.41) is 6.58. The number of fused-ring (bicyclic) bond motifs is 1. The Hall–Kier alpha value is -4.13. The topological polar surface area (TPSA) is 85.2 Å². The van der Waals surface area contributed by atoms with Gasteiger partial charge in [-0.05, 0) is 44.0 Å². The van der Waals surface area contributed by atoms with E-state index in [2.05, 4.69) is 10.6 Å². The maximum Gasteiger partial charge on any atom is 0.258 e. The second-order valence-corrected chi connectivity index (χ2v) is 8.15. The van der Waals surface area contributed by atoms with Crippen LogP contribution in [0.5, 0.6) is 5.75 Å². The van der Waals surface area contributed by atoms with Gasteiger partial charge < -0.3 is 15.4 Å². The van der Waals surface area contributed by atoms with E-state index in [-0.39, 0.29) is 24.0 Å². The summed E-state index contributed by atoms with van der Waals surface area (Å²) < 4.78 is 7.73. The van der Waals surface area contributed by atoms with Gasteiger partial charge in [0.2, 0.25) is 0 Å². The van der Waals surface area contributed by atoms with Gasteiger partial charge >= 0.3 is 0 Å². The molecular formula is C26H24N4O3. The molecule has 2 aromatic carbocycles. The summed E-state index contributed by atoms with van der Waals surface area (Å²) >= 11 is 0. The molecule has 2 heterocycles. The second kappa shape index (κ2) is 8.78. The first-order valence-corrected chi connectivity index (χ1v) is 11.0. The number of anilines is 2. The van der Waals surface area contributed by atoms with E-state index in [0.29, 0.717) is 28.3 Å². The summed E-state index contributed by atoms with van der Waals surface area (Å²) in [5.41, 5.74) is 2.60. The molecule has 0 spiro atoms. The molecule has 0 radical (unpaired) electrons. The Bertz CT molecular complexity index is 1360. The quantitative estimate of drug-likeness (QED) is 0.452. The molecule has 2 aromatic heterocycles. The largest absolute Gasteiger partial charge is 0.483 e. The second-order valence-electron chi connectivity index (χ2n) is 8.15. The van der Waals surface area contributed by atoms with E-state index in [4.69, 9.17) is 9.72 Å². The third kappa shape index (κ3) is 4.57. The molecule has 1 fully saturated rings. The van der Waals surface area contributed by atoms with E-state index in [0.717, 1.165) is 24.2 Å². The van der Waals surface area contributed by atoms with Gasteiger partial charge in [-0.1, -0.05) is 36.4 Å². The number of benzene rings is 2. The van der Waals surface area contributed by atoms with Crippen molar-refractivity contribution in [3.05, 3.63) is 88.7 Å². The number of amides is 1. The number of hydrogen-bond acceptors (Lipinski definition) is 5. The summed E-state index contributed by atoms with van der Waals surface area (Å²) in [6.45, 7) is 1.69. The molecule has 0 bridgehead atoms. The average Bonchev–Trinajstić information content (AvgIpc) is 3.62. The van der Waals surface area contributed by atoms with Crippen molar-refractivity contribution in [2.75, 3.05) is 11.9 Å². The number of aromatic nitrogens is 2. The smallest absolute Gasteiger partial charge is 0.258 e. The zero-order valence-electron chi connectivity index (χ0n) is 18.2. The molecule has 1 aliphatic rings. The summed E-state index contributed by atoms with van der Waals surface area (Å²) in [6, 6.07) is 22.8. The molecule has 0 saturated heterocycles. The molecule has 5 rings (SSSR count). The van der Waals surface area contributed by atoms with Crippen LogP contribution in [-0.4, -0.2) is 28.1 Å². The number of aryl methyl sites for hydroxylation is 1. The molecule has 0 unspecified atom stereocenters. The summed E-state index contributed by atoms with van der Waals surface area (Å²) in [6.07, 6.45) is 2.00. The number of nitrogens with zero attached hydrogens (tertiary/aromatic N) is 2. The fraction of sp³-hybridized carbons (Fsp3) is 0.192. The van der Waals surface area contributed by atoms with Crippen LogP contribution in [0.2, 0.25) is 0 Å². The van der Waals surface area contributed by atoms with Gasteiger partial charge in [-0.2, -0.15) is 0 Å². The number of hydrogen-bond donors (Lipinski definition) is 2. The monoisotopic (exact) mass is 440 g/mol. The number of rotatable bonds is 7. The van der Waals surface area contributed by atoms with Crippen molar-refractivity contribution in [3.63, 3.8) is 0 Å². The van der Waals surface area contributed by atoms with Crippen molar-refractivity contribution in [2.45, 2.75) is 25.8 Å². The first-order valence-electron chi connectivity index (χ1n) is 11.0. The highest BCUT2D eigenvalue weighted by Gasteiger charge is 2.24. The van der Waals surface area contributed by atoms with Crippen molar-refractivity contribution >= 4 is 28.4 Å². The maximum absolute atomic E-state index is 13.3. The molecule has 7 nitrogen and oxygen atoms in total. The van der Waals surface area contributed by atoms with E-state index in [1.165, 1.54) is 6.07 Å². The van der Waals surface area contributed by atoms with Gasteiger partial charge in [-0.25, -0.2) is 4.98 Å². The molecule has 0 aliphatic heterocycles. The van der Waals surface area contributed by atoms with Crippen LogP contribution in [-0.2, 0) is 4.79 Å². The molecule has 1 amide bonds. The van der Waals surface area contributed by atoms with Gasteiger partial charge in [-0.3, -0.25) is 14.2 Å². The lowest BCUT2D eigenvalue weighted by Crippen LogP contribution is -2.30. The van der Waals surface area contributed by atoms with E-state index in [1.54, 1.807) is 6.07 Å². The SMILES string of the molecule is Cc1cc(OCC(=O)NC2CC2)c2c(=O)cc(Nc3ccccc3)n(-c3ccccc3)c2n1. The van der Waals surface area contributed by atoms with Crippen molar-refractivity contribution in [3.8, 4) is 11.4 Å². The van der Waals surface area contributed by atoms with Gasteiger partial charge in [0.25, 0.3) is 5.91 Å². The maximum atomic E-state index is 13.3. The van der Waals surface area contributed by atoms with E-state index >= 15 is 0 Å². The molecular weight excluding hydrogens is 416 g/mol. The lowest BCUT2D eigenvalue weighted by molar-refractivity contribution is -0.123. The highest BCUT2D eigenvalue weighted by Crippen LogP contribution is 2.29. The van der Waals surface area contributed by atoms with Gasteiger partial charge in [0.05, 0.1) is 0 Å². The summed E-state index contributed by atoms with van der Waals surface area (Å²) in [4.78, 5) is 30.1. The first-order chi connectivity index (χ1) is 16.1. The number of carbonyl (C=O) groups excluding carboxylic acids is 1. The lowest BCUT2D eigenvalue weighted by Gasteiger charge is -2.19. The van der Waals surface area contributed by atoms with Gasteiger partial charge in [0.15, 0.2) is 17.7 Å². The Kier molecular flexibility index (Phi) is 5.52. The van der Waals surface area contributed by atoms with E-state index < -0.39 is 0 Å². The Morgan fingerprint density at radius 3 is 2.45 bits per heavy atom. The minimum Gasteiger partial charge on any atom is -0.483 e. The predicted octanol–water partition coefficient (Wildman–Crippen LogP) is 4.10. The van der Waals surface area contributed by atoms with Gasteiger partial charge in [-0.15, -0.1) is 0 Å². The normalized spacial score (nSPS) is 13.0. The zero-order chi connectivity index (χ0) is 22.8. The molecule has 1 aliphatic carbocycles. The van der Waals surface area contributed by atoms with Crippen LogP contribution >= 0.6 is 0 Å². The number of ether oxygens (including phenoxy) is 1. The highest BCUT2D eigenvalue weighted by atomic mass is 16.5. The van der Waals surface area contributed by atoms with E-state index in [1.807, 2.05) is 72.2 Å². The fourth-order valence-corrected chi connectivity index (χ4v) is 3.75. The first kappa shape index (κ1) is 20.8. The van der Waals surface area contributed by atoms with Crippen LogP contribution in [0.25, 0.3) is 16.7 Å². The van der Waals surface area contributed by atoms with Crippen molar-refractivity contribution in [1.82, 2.24) is 14.9 Å². The Morgan fingerprint density at radius 1 is 1.06 bits per heavy atom. The molecule has 0 atom stereocenters. The van der Waals surface area contributed by atoms with Crippen LogP contribution in [0.3, 0.4) is 0 Å². The van der Waals surface area contributed by atoms with Crippen molar-refractivity contribution < 1.29 is 9.53 Å². The minimum atomic E-state index is -0.235. The molecule has 4 aromatic rings. The standard InChI is InChI=1S/C26H24N4O3/c1-17-14-22(33-16-24(32)29-19-12-13-19)25-21(31)15-23(28-18-8-4-2-5-9-18)30(26(25)27-17)20-10-6-3-7-11-20/h2-11,14-15,19,28H,12-13,16H2,1H3,(H,29,32). The number of pyridine rings is 2. The Balaban J connectivity index is 1.64. The zero-order valence-corrected chi connectivity index (χ0v) is 18.2. The summed E-state index contributed by atoms with van der Waals surface area (Å²) in [7, 11) is 0. The molecule has 1 saturated carbocycles. The third-order valence-electron chi connectivity index (χ3n) is 5.42. The molecule has 7 heteroatoms. The van der Waals surface area contributed by atoms with E-state index in [9.17, 15) is 9.59 Å². The van der Waals surface area contributed by atoms with Crippen LogP contribution in [0, 0.1) is 6.92 Å². The van der Waals surface area contributed by atoms with Gasteiger partial charge in [0.1, 0.15) is 17.0 Å². The third-order valence-corrected chi connectivity index (χ3v) is 5.42. The summed E-state index contributed by atoms with van der Waals surface area (Å²) in [5.74, 6) is 0.746. The van der Waals surface area contributed by atoms with Crippen LogP contribution in [0.4, 0.5) is 11.5 Å². The average molecular weight is 441 g/mol. The van der Waals surface area contributed by atoms with Crippen LogP contribution < -0.4 is 20.8 Å². The highest BCUT2D eigenvalue weighted by molar-refractivity contribution is 5.87. The minimum absolute atomic E-state index is 0.149. The van der Waals surface area contributed by atoms with Crippen LogP contribution in [0.1, 0.15) is 18.5 Å². The predicted molar refractivity (Wildman–Crippen MR) is 128 cm³/mol. The van der Waals surface area contributed by atoms with Crippen molar-refractivity contribution in [1.29, 1.82) is 0 Å². The van der Waals surface area contributed by atoms with Crippen LogP contribution in [0.15, 0.2) is 77.6 Å². The van der Waals surface area contributed by atoms with Gasteiger partial charge in [0, 0.05) is 35.2 Å². The number of nitrogens with one attached hydrogen (secondary N) is 2.